The number of ether oxygens (including phenoxy) is 2. The summed E-state index contributed by atoms with van der Waals surface area (Å²) in [5.41, 5.74) is 7.37. The summed E-state index contributed by atoms with van der Waals surface area (Å²) < 4.78 is 12.0. The van der Waals surface area contributed by atoms with Crippen molar-refractivity contribution in [2.45, 2.75) is 45.9 Å². The highest BCUT2D eigenvalue weighted by atomic mass is 16.6. The summed E-state index contributed by atoms with van der Waals surface area (Å²) in [5, 5.41) is 0. The number of benzene rings is 1. The highest BCUT2D eigenvalue weighted by Crippen LogP contribution is 2.19. The Bertz CT molecular complexity index is 929. The molecule has 0 unspecified atom stereocenters. The van der Waals surface area contributed by atoms with Gasteiger partial charge in [0.05, 0.1) is 25.9 Å². The van der Waals surface area contributed by atoms with Crippen LogP contribution in [-0.4, -0.2) is 39.8 Å². The number of methoxy groups -OCH3 is 1. The summed E-state index contributed by atoms with van der Waals surface area (Å²) in [6, 6.07) is 7.44. The van der Waals surface area contributed by atoms with E-state index in [0.29, 0.717) is 30.8 Å². The van der Waals surface area contributed by atoms with Crippen molar-refractivity contribution < 1.29 is 14.3 Å². The molecule has 1 aliphatic heterocycles. The molecule has 0 spiro atoms. The largest absolute Gasteiger partial charge is 0.497 e. The van der Waals surface area contributed by atoms with E-state index in [0.717, 1.165) is 11.3 Å². The molecule has 8 heteroatoms. The predicted octanol–water partition coefficient (Wildman–Crippen LogP) is 2.18. The van der Waals surface area contributed by atoms with Crippen molar-refractivity contribution >= 4 is 12.0 Å². The van der Waals surface area contributed by atoms with Gasteiger partial charge in [0.15, 0.2) is 0 Å². The minimum Gasteiger partial charge on any atom is -0.497 e. The Morgan fingerprint density at radius 1 is 1.25 bits per heavy atom. The van der Waals surface area contributed by atoms with Crippen LogP contribution in [0.3, 0.4) is 0 Å². The maximum absolute atomic E-state index is 13.0. The number of anilines is 1. The van der Waals surface area contributed by atoms with E-state index in [1.807, 2.05) is 45.0 Å². The zero-order valence-corrected chi connectivity index (χ0v) is 16.7. The molecule has 3 rings (SSSR count). The van der Waals surface area contributed by atoms with Crippen molar-refractivity contribution in [1.29, 1.82) is 0 Å². The standard InChI is InChI=1S/C20H26N4O4/c1-20(2,3)28-19(26)23-10-9-15-16(12-23)22-18(21)24(17(15)25)11-13-5-7-14(27-4)8-6-13/h5-8H,9-12H2,1-4H3,(H2,21,22). The first kappa shape index (κ1) is 19.7. The normalized spacial score (nSPS) is 13.8. The number of carbonyl (C=O) groups is 1. The molecule has 1 amide bonds. The number of carbonyl (C=O) groups excluding carboxylic acids is 1. The van der Waals surface area contributed by atoms with Gasteiger partial charge in [-0.05, 0) is 44.9 Å². The van der Waals surface area contributed by atoms with Crippen LogP contribution in [0.4, 0.5) is 10.7 Å². The molecule has 2 N–H and O–H groups in total. The maximum Gasteiger partial charge on any atom is 0.410 e. The monoisotopic (exact) mass is 386 g/mol. The predicted molar refractivity (Wildman–Crippen MR) is 105 cm³/mol. The van der Waals surface area contributed by atoms with Gasteiger partial charge in [0.25, 0.3) is 5.56 Å². The molecule has 0 saturated heterocycles. The van der Waals surface area contributed by atoms with Gasteiger partial charge in [-0.2, -0.15) is 0 Å². The number of amides is 1. The highest BCUT2D eigenvalue weighted by Gasteiger charge is 2.28. The molecule has 1 aromatic heterocycles. The second kappa shape index (κ2) is 7.53. The third kappa shape index (κ3) is 4.27. The molecular formula is C20H26N4O4. The van der Waals surface area contributed by atoms with Crippen molar-refractivity contribution in [3.8, 4) is 5.75 Å². The van der Waals surface area contributed by atoms with Crippen LogP contribution < -0.4 is 16.0 Å². The Morgan fingerprint density at radius 3 is 2.54 bits per heavy atom. The van der Waals surface area contributed by atoms with E-state index in [1.165, 1.54) is 4.57 Å². The van der Waals surface area contributed by atoms with Crippen molar-refractivity contribution in [1.82, 2.24) is 14.5 Å². The Kier molecular flexibility index (Phi) is 5.31. The molecule has 0 radical (unpaired) electrons. The lowest BCUT2D eigenvalue weighted by atomic mass is 10.1. The highest BCUT2D eigenvalue weighted by molar-refractivity contribution is 5.68. The number of aromatic nitrogens is 2. The number of hydrogen-bond donors (Lipinski definition) is 1. The molecule has 28 heavy (non-hydrogen) atoms. The van der Waals surface area contributed by atoms with Gasteiger partial charge in [0.1, 0.15) is 11.4 Å². The zero-order chi connectivity index (χ0) is 20.5. The van der Waals surface area contributed by atoms with Gasteiger partial charge >= 0.3 is 6.09 Å². The first-order chi connectivity index (χ1) is 13.2. The van der Waals surface area contributed by atoms with Crippen molar-refractivity contribution in [3.05, 3.63) is 51.4 Å². The van der Waals surface area contributed by atoms with Crippen LogP contribution >= 0.6 is 0 Å². The summed E-state index contributed by atoms with van der Waals surface area (Å²) >= 11 is 0. The molecule has 8 nitrogen and oxygen atoms in total. The molecule has 150 valence electrons. The fourth-order valence-electron chi connectivity index (χ4n) is 3.09. The topological polar surface area (TPSA) is 99.7 Å². The number of rotatable bonds is 3. The van der Waals surface area contributed by atoms with Gasteiger partial charge in [-0.1, -0.05) is 12.1 Å². The Labute approximate surface area is 163 Å². The average Bonchev–Trinajstić information content (AvgIpc) is 2.63. The average molecular weight is 386 g/mol. The number of nitrogen functional groups attached to an aromatic ring is 1. The first-order valence-electron chi connectivity index (χ1n) is 9.17. The molecular weight excluding hydrogens is 360 g/mol. The van der Waals surface area contributed by atoms with E-state index in [-0.39, 0.29) is 18.1 Å². The lowest BCUT2D eigenvalue weighted by Crippen LogP contribution is -2.43. The van der Waals surface area contributed by atoms with Crippen LogP contribution in [0.5, 0.6) is 5.75 Å². The van der Waals surface area contributed by atoms with Gasteiger partial charge in [-0.15, -0.1) is 0 Å². The van der Waals surface area contributed by atoms with Gasteiger partial charge < -0.3 is 20.1 Å². The summed E-state index contributed by atoms with van der Waals surface area (Å²) in [5.74, 6) is 0.875. The Hall–Kier alpha value is -3.03. The first-order valence-corrected chi connectivity index (χ1v) is 9.17. The van der Waals surface area contributed by atoms with E-state index < -0.39 is 11.7 Å². The van der Waals surface area contributed by atoms with E-state index in [9.17, 15) is 9.59 Å². The third-order valence-corrected chi connectivity index (χ3v) is 4.50. The van der Waals surface area contributed by atoms with Crippen LogP contribution in [0.1, 0.15) is 37.6 Å². The Balaban J connectivity index is 1.83. The molecule has 1 aliphatic rings. The SMILES string of the molecule is COc1ccc(Cn2c(N)nc3c(c2=O)CCN(C(=O)OC(C)(C)C)C3)cc1. The lowest BCUT2D eigenvalue weighted by molar-refractivity contribution is 0.0220. The zero-order valence-electron chi connectivity index (χ0n) is 16.7. The summed E-state index contributed by atoms with van der Waals surface area (Å²) in [6.45, 7) is 6.40. The molecule has 0 bridgehead atoms. The molecule has 0 atom stereocenters. The molecule has 1 aromatic carbocycles. The smallest absolute Gasteiger partial charge is 0.410 e. The van der Waals surface area contributed by atoms with Crippen LogP contribution in [0.15, 0.2) is 29.1 Å². The van der Waals surface area contributed by atoms with Crippen molar-refractivity contribution in [2.75, 3.05) is 19.4 Å². The minimum atomic E-state index is -0.578. The number of fused-ring (bicyclic) bond motifs is 1. The summed E-state index contributed by atoms with van der Waals surface area (Å²) in [6.07, 6.45) is 0.00414. The maximum atomic E-state index is 13.0. The molecule has 2 aromatic rings. The van der Waals surface area contributed by atoms with Crippen molar-refractivity contribution in [3.63, 3.8) is 0 Å². The second-order valence-corrected chi connectivity index (χ2v) is 7.79. The molecule has 2 heterocycles. The van der Waals surface area contributed by atoms with Crippen molar-refractivity contribution in [2.24, 2.45) is 0 Å². The number of nitrogens with zero attached hydrogens (tertiary/aromatic N) is 3. The van der Waals surface area contributed by atoms with E-state index in [2.05, 4.69) is 4.98 Å². The number of nitrogens with two attached hydrogens (primary N) is 1. The summed E-state index contributed by atoms with van der Waals surface area (Å²) in [4.78, 5) is 31.2. The number of hydrogen-bond acceptors (Lipinski definition) is 6. The van der Waals surface area contributed by atoms with Gasteiger partial charge in [-0.25, -0.2) is 9.78 Å². The van der Waals surface area contributed by atoms with Gasteiger partial charge in [-0.3, -0.25) is 9.36 Å². The second-order valence-electron chi connectivity index (χ2n) is 7.79. The Morgan fingerprint density at radius 2 is 1.93 bits per heavy atom. The fourth-order valence-corrected chi connectivity index (χ4v) is 3.09. The third-order valence-electron chi connectivity index (χ3n) is 4.50. The van der Waals surface area contributed by atoms with E-state index in [1.54, 1.807) is 12.0 Å². The van der Waals surface area contributed by atoms with Crippen LogP contribution in [0.2, 0.25) is 0 Å². The van der Waals surface area contributed by atoms with Gasteiger partial charge in [0.2, 0.25) is 5.95 Å². The van der Waals surface area contributed by atoms with E-state index in [4.69, 9.17) is 15.2 Å². The summed E-state index contributed by atoms with van der Waals surface area (Å²) in [7, 11) is 1.60. The molecule has 0 saturated carbocycles. The molecule has 0 aliphatic carbocycles. The van der Waals surface area contributed by atoms with Gasteiger partial charge in [0, 0.05) is 12.1 Å². The fraction of sp³-hybridized carbons (Fsp3) is 0.450. The molecule has 0 fully saturated rings. The minimum absolute atomic E-state index is 0.130. The lowest BCUT2D eigenvalue weighted by Gasteiger charge is -2.30. The quantitative estimate of drug-likeness (QED) is 0.868. The van der Waals surface area contributed by atoms with Crippen LogP contribution in [-0.2, 0) is 24.2 Å². The van der Waals surface area contributed by atoms with Crippen LogP contribution in [0.25, 0.3) is 0 Å². The van der Waals surface area contributed by atoms with E-state index >= 15 is 0 Å². The van der Waals surface area contributed by atoms with Crippen LogP contribution in [0, 0.1) is 0 Å².